The van der Waals surface area contributed by atoms with Crippen molar-refractivity contribution in [1.29, 1.82) is 0 Å². The molecule has 2 aromatic rings. The number of nitrogens with one attached hydrogen (secondary N) is 1. The van der Waals surface area contributed by atoms with Crippen molar-refractivity contribution in [3.8, 4) is 0 Å². The lowest BCUT2D eigenvalue weighted by Gasteiger charge is -2.17. The number of nitrogens with two attached hydrogens (primary N) is 1. The number of nitrogens with zero attached hydrogens (tertiary/aromatic N) is 2. The topological polar surface area (TPSA) is 55.9 Å². The van der Waals surface area contributed by atoms with Gasteiger partial charge in [-0.25, -0.2) is 4.39 Å². The van der Waals surface area contributed by atoms with Gasteiger partial charge in [0.2, 0.25) is 0 Å². The van der Waals surface area contributed by atoms with Crippen molar-refractivity contribution in [2.24, 2.45) is 12.9 Å². The first-order valence-corrected chi connectivity index (χ1v) is 6.65. The van der Waals surface area contributed by atoms with Gasteiger partial charge in [0.25, 0.3) is 0 Å². The molecule has 0 saturated heterocycles. The van der Waals surface area contributed by atoms with Crippen LogP contribution in [0.5, 0.6) is 0 Å². The fourth-order valence-electron chi connectivity index (χ4n) is 2.47. The van der Waals surface area contributed by atoms with Crippen LogP contribution in [0.2, 0.25) is 0 Å². The second-order valence-electron chi connectivity index (χ2n) is 5.20. The van der Waals surface area contributed by atoms with Crippen molar-refractivity contribution in [3.05, 3.63) is 52.1 Å². The molecule has 0 aliphatic carbocycles. The quantitative estimate of drug-likeness (QED) is 0.665. The Morgan fingerprint density at radius 2 is 2.05 bits per heavy atom. The summed E-state index contributed by atoms with van der Waals surface area (Å²) in [5.41, 5.74) is 7.73. The minimum absolute atomic E-state index is 0.0594. The summed E-state index contributed by atoms with van der Waals surface area (Å²) in [4.78, 5) is 0. The SMILES string of the molecule is Cc1cc(C(Cc2c(C)nn(C)c2C)NN)ccc1F. The van der Waals surface area contributed by atoms with E-state index < -0.39 is 0 Å². The summed E-state index contributed by atoms with van der Waals surface area (Å²) in [6, 6.07) is 5.03. The van der Waals surface area contributed by atoms with E-state index in [1.54, 1.807) is 13.0 Å². The van der Waals surface area contributed by atoms with E-state index in [4.69, 9.17) is 5.84 Å². The van der Waals surface area contributed by atoms with Gasteiger partial charge in [0.1, 0.15) is 5.82 Å². The van der Waals surface area contributed by atoms with Crippen molar-refractivity contribution < 1.29 is 4.39 Å². The highest BCUT2D eigenvalue weighted by molar-refractivity contribution is 5.31. The highest BCUT2D eigenvalue weighted by Crippen LogP contribution is 2.23. The molecule has 0 bridgehead atoms. The Morgan fingerprint density at radius 1 is 1.35 bits per heavy atom. The first-order valence-electron chi connectivity index (χ1n) is 6.65. The average Bonchev–Trinajstić information content (AvgIpc) is 2.65. The Morgan fingerprint density at radius 3 is 2.55 bits per heavy atom. The molecule has 0 fully saturated rings. The van der Waals surface area contributed by atoms with Crippen LogP contribution in [0.15, 0.2) is 18.2 Å². The first-order chi connectivity index (χ1) is 9.43. The Kier molecular flexibility index (Phi) is 4.20. The van der Waals surface area contributed by atoms with Gasteiger partial charge in [-0.15, -0.1) is 0 Å². The fraction of sp³-hybridized carbons (Fsp3) is 0.400. The van der Waals surface area contributed by atoms with Crippen LogP contribution < -0.4 is 11.3 Å². The van der Waals surface area contributed by atoms with E-state index in [1.807, 2.05) is 31.6 Å². The zero-order chi connectivity index (χ0) is 14.9. The summed E-state index contributed by atoms with van der Waals surface area (Å²) in [7, 11) is 1.93. The van der Waals surface area contributed by atoms with Crippen LogP contribution in [-0.4, -0.2) is 9.78 Å². The van der Waals surface area contributed by atoms with Gasteiger partial charge in [0, 0.05) is 12.7 Å². The third-order valence-electron chi connectivity index (χ3n) is 3.85. The Labute approximate surface area is 118 Å². The van der Waals surface area contributed by atoms with Gasteiger partial charge in [0.15, 0.2) is 0 Å². The lowest BCUT2D eigenvalue weighted by Crippen LogP contribution is -2.30. The summed E-state index contributed by atoms with van der Waals surface area (Å²) in [5, 5.41) is 4.41. The van der Waals surface area contributed by atoms with Crippen LogP contribution in [0.1, 0.15) is 34.1 Å². The summed E-state index contributed by atoms with van der Waals surface area (Å²) < 4.78 is 15.2. The first kappa shape index (κ1) is 14.7. The van der Waals surface area contributed by atoms with Gasteiger partial charge >= 0.3 is 0 Å². The second-order valence-corrected chi connectivity index (χ2v) is 5.20. The van der Waals surface area contributed by atoms with Gasteiger partial charge in [-0.1, -0.05) is 12.1 Å². The van der Waals surface area contributed by atoms with E-state index in [0.717, 1.165) is 23.4 Å². The maximum Gasteiger partial charge on any atom is 0.126 e. The zero-order valence-electron chi connectivity index (χ0n) is 12.4. The number of hydrogen-bond acceptors (Lipinski definition) is 3. The van der Waals surface area contributed by atoms with Gasteiger partial charge in [0.05, 0.1) is 11.7 Å². The molecule has 20 heavy (non-hydrogen) atoms. The highest BCUT2D eigenvalue weighted by Gasteiger charge is 2.17. The number of aromatic nitrogens is 2. The lowest BCUT2D eigenvalue weighted by atomic mass is 9.97. The summed E-state index contributed by atoms with van der Waals surface area (Å²) in [6.07, 6.45) is 0.729. The third-order valence-corrected chi connectivity index (χ3v) is 3.85. The number of hydrogen-bond donors (Lipinski definition) is 2. The van der Waals surface area contributed by atoms with Crippen LogP contribution in [0, 0.1) is 26.6 Å². The van der Waals surface area contributed by atoms with Crippen LogP contribution in [0.25, 0.3) is 0 Å². The molecule has 0 spiro atoms. The van der Waals surface area contributed by atoms with E-state index in [2.05, 4.69) is 10.5 Å². The van der Waals surface area contributed by atoms with Crippen LogP contribution >= 0.6 is 0 Å². The molecule has 1 aromatic heterocycles. The van der Waals surface area contributed by atoms with Crippen LogP contribution in [0.3, 0.4) is 0 Å². The predicted octanol–water partition coefficient (Wildman–Crippen LogP) is 2.23. The third kappa shape index (κ3) is 2.73. The van der Waals surface area contributed by atoms with Crippen molar-refractivity contribution in [3.63, 3.8) is 0 Å². The Hall–Kier alpha value is -1.72. The van der Waals surface area contributed by atoms with Gasteiger partial charge in [-0.3, -0.25) is 16.0 Å². The minimum Gasteiger partial charge on any atom is -0.272 e. The molecule has 0 amide bonds. The molecule has 1 unspecified atom stereocenters. The predicted molar refractivity (Wildman–Crippen MR) is 77.6 cm³/mol. The monoisotopic (exact) mass is 276 g/mol. The molecule has 0 radical (unpaired) electrons. The number of aryl methyl sites for hydroxylation is 3. The lowest BCUT2D eigenvalue weighted by molar-refractivity contribution is 0.545. The summed E-state index contributed by atoms with van der Waals surface area (Å²) in [6.45, 7) is 5.79. The van der Waals surface area contributed by atoms with Crippen molar-refractivity contribution in [2.75, 3.05) is 0 Å². The standard InChI is InChI=1S/C15H21FN4/c1-9-7-12(5-6-14(9)16)15(18-17)8-13-10(2)19-20(4)11(13)3/h5-7,15,18H,8,17H2,1-4H3. The number of halogens is 1. The molecule has 108 valence electrons. The number of hydrazine groups is 1. The molecule has 0 saturated carbocycles. The maximum atomic E-state index is 13.4. The van der Waals surface area contributed by atoms with Crippen molar-refractivity contribution in [2.45, 2.75) is 33.2 Å². The largest absolute Gasteiger partial charge is 0.272 e. The molecule has 3 N–H and O–H groups in total. The normalized spacial score (nSPS) is 12.7. The van der Waals surface area contributed by atoms with Gasteiger partial charge in [-0.2, -0.15) is 5.10 Å². The maximum absolute atomic E-state index is 13.4. The smallest absolute Gasteiger partial charge is 0.126 e. The van der Waals surface area contributed by atoms with E-state index in [0.29, 0.717) is 5.56 Å². The molecule has 2 rings (SSSR count). The number of rotatable bonds is 4. The molecular weight excluding hydrogens is 255 g/mol. The van der Waals surface area contributed by atoms with E-state index in [-0.39, 0.29) is 11.9 Å². The molecule has 1 heterocycles. The molecule has 0 aliphatic rings. The fourth-order valence-corrected chi connectivity index (χ4v) is 2.47. The Balaban J connectivity index is 2.31. The minimum atomic E-state index is -0.196. The second kappa shape index (κ2) is 5.73. The van der Waals surface area contributed by atoms with Crippen LogP contribution in [-0.2, 0) is 13.5 Å². The summed E-state index contributed by atoms with van der Waals surface area (Å²) in [5.74, 6) is 5.48. The molecule has 1 atom stereocenters. The highest BCUT2D eigenvalue weighted by atomic mass is 19.1. The molecule has 4 nitrogen and oxygen atoms in total. The van der Waals surface area contributed by atoms with Gasteiger partial charge < -0.3 is 0 Å². The average molecular weight is 276 g/mol. The zero-order valence-corrected chi connectivity index (χ0v) is 12.4. The molecular formula is C15H21FN4. The van der Waals surface area contributed by atoms with E-state index in [9.17, 15) is 4.39 Å². The molecule has 5 heteroatoms. The molecule has 0 aliphatic heterocycles. The van der Waals surface area contributed by atoms with E-state index >= 15 is 0 Å². The van der Waals surface area contributed by atoms with E-state index in [1.165, 1.54) is 11.6 Å². The van der Waals surface area contributed by atoms with Crippen molar-refractivity contribution >= 4 is 0 Å². The molecule has 1 aromatic carbocycles. The van der Waals surface area contributed by atoms with Crippen molar-refractivity contribution in [1.82, 2.24) is 15.2 Å². The summed E-state index contributed by atoms with van der Waals surface area (Å²) >= 11 is 0. The Bertz CT molecular complexity index is 619. The van der Waals surface area contributed by atoms with Crippen LogP contribution in [0.4, 0.5) is 4.39 Å². The number of benzene rings is 1. The van der Waals surface area contributed by atoms with Gasteiger partial charge in [-0.05, 0) is 49.9 Å².